The minimum atomic E-state index is 0.309. The van der Waals surface area contributed by atoms with Crippen LogP contribution in [0.3, 0.4) is 0 Å². The summed E-state index contributed by atoms with van der Waals surface area (Å²) in [7, 11) is 1.57. The van der Waals surface area contributed by atoms with E-state index in [0.29, 0.717) is 28.7 Å². The van der Waals surface area contributed by atoms with Crippen molar-refractivity contribution < 1.29 is 9.47 Å². The quantitative estimate of drug-likeness (QED) is 0.770. The molecular formula is C10H13NO2S. The van der Waals surface area contributed by atoms with Crippen molar-refractivity contribution in [3.05, 3.63) is 23.8 Å². The summed E-state index contributed by atoms with van der Waals surface area (Å²) in [5, 5.41) is 0. The Labute approximate surface area is 88.8 Å². The van der Waals surface area contributed by atoms with Gasteiger partial charge in [-0.05, 0) is 19.1 Å². The summed E-state index contributed by atoms with van der Waals surface area (Å²) in [6, 6.07) is 5.47. The summed E-state index contributed by atoms with van der Waals surface area (Å²) in [6.07, 6.45) is 0. The van der Waals surface area contributed by atoms with Gasteiger partial charge in [-0.15, -0.1) is 0 Å². The van der Waals surface area contributed by atoms with Gasteiger partial charge >= 0.3 is 0 Å². The summed E-state index contributed by atoms with van der Waals surface area (Å²) in [6.45, 7) is 2.49. The second kappa shape index (κ2) is 4.81. The number of nitrogens with two attached hydrogens (primary N) is 1. The van der Waals surface area contributed by atoms with Crippen LogP contribution < -0.4 is 15.2 Å². The first-order valence-corrected chi connectivity index (χ1v) is 4.71. The van der Waals surface area contributed by atoms with E-state index in [1.807, 2.05) is 25.1 Å². The first kappa shape index (κ1) is 10.8. The molecule has 0 spiro atoms. The van der Waals surface area contributed by atoms with Crippen molar-refractivity contribution in [3.8, 4) is 11.5 Å². The maximum Gasteiger partial charge on any atom is 0.170 e. The molecule has 0 fully saturated rings. The van der Waals surface area contributed by atoms with Gasteiger partial charge in [-0.3, -0.25) is 0 Å². The highest BCUT2D eigenvalue weighted by Gasteiger charge is 2.11. The second-order valence-corrected chi connectivity index (χ2v) is 3.07. The largest absolute Gasteiger partial charge is 0.492 e. The molecule has 0 aliphatic rings. The summed E-state index contributed by atoms with van der Waals surface area (Å²) in [5.74, 6) is 1.27. The molecule has 14 heavy (non-hydrogen) atoms. The molecule has 1 aromatic rings. The van der Waals surface area contributed by atoms with Gasteiger partial charge in [-0.25, -0.2) is 0 Å². The summed E-state index contributed by atoms with van der Waals surface area (Å²) < 4.78 is 10.6. The molecule has 0 aromatic heterocycles. The lowest BCUT2D eigenvalue weighted by Crippen LogP contribution is -2.11. The lowest BCUT2D eigenvalue weighted by molar-refractivity contribution is 0.310. The van der Waals surface area contributed by atoms with E-state index in [2.05, 4.69) is 0 Å². The zero-order valence-electron chi connectivity index (χ0n) is 8.24. The van der Waals surface area contributed by atoms with Gasteiger partial charge in [0.25, 0.3) is 0 Å². The lowest BCUT2D eigenvalue weighted by Gasteiger charge is -2.12. The summed E-state index contributed by atoms with van der Waals surface area (Å²) in [5.41, 5.74) is 6.25. The van der Waals surface area contributed by atoms with Gasteiger partial charge in [0, 0.05) is 0 Å². The Morgan fingerprint density at radius 3 is 2.71 bits per heavy atom. The second-order valence-electron chi connectivity index (χ2n) is 2.63. The van der Waals surface area contributed by atoms with E-state index >= 15 is 0 Å². The van der Waals surface area contributed by atoms with E-state index in [1.54, 1.807) is 7.11 Å². The van der Waals surface area contributed by atoms with E-state index in [1.165, 1.54) is 0 Å². The number of hydrogen-bond acceptors (Lipinski definition) is 3. The van der Waals surface area contributed by atoms with Crippen molar-refractivity contribution >= 4 is 17.2 Å². The molecule has 2 N–H and O–H groups in total. The molecule has 3 nitrogen and oxygen atoms in total. The minimum Gasteiger partial charge on any atom is -0.492 e. The molecule has 0 saturated heterocycles. The van der Waals surface area contributed by atoms with Gasteiger partial charge in [0.1, 0.15) is 4.99 Å². The van der Waals surface area contributed by atoms with Crippen LogP contribution in [0, 0.1) is 0 Å². The van der Waals surface area contributed by atoms with E-state index in [9.17, 15) is 0 Å². The van der Waals surface area contributed by atoms with Crippen molar-refractivity contribution in [1.82, 2.24) is 0 Å². The number of thiocarbonyl (C=S) groups is 1. The van der Waals surface area contributed by atoms with Gasteiger partial charge in [-0.2, -0.15) is 0 Å². The maximum absolute atomic E-state index is 5.55. The standard InChI is InChI=1S/C10H13NO2S/c1-3-13-8-6-4-5-7(10(11)14)9(8)12-2/h4-6H,3H2,1-2H3,(H2,11,14). The topological polar surface area (TPSA) is 44.5 Å². The maximum atomic E-state index is 5.55. The van der Waals surface area contributed by atoms with Crippen molar-refractivity contribution in [2.24, 2.45) is 5.73 Å². The Balaban J connectivity index is 3.17. The Kier molecular flexibility index (Phi) is 3.71. The van der Waals surface area contributed by atoms with Crippen molar-refractivity contribution in [2.45, 2.75) is 6.92 Å². The van der Waals surface area contributed by atoms with E-state index in [-0.39, 0.29) is 0 Å². The van der Waals surface area contributed by atoms with Crippen LogP contribution in [0.2, 0.25) is 0 Å². The van der Waals surface area contributed by atoms with Crippen LogP contribution in [-0.4, -0.2) is 18.7 Å². The molecule has 0 radical (unpaired) electrons. The molecular weight excluding hydrogens is 198 g/mol. The fraction of sp³-hybridized carbons (Fsp3) is 0.300. The Hall–Kier alpha value is -1.29. The van der Waals surface area contributed by atoms with Gasteiger partial charge < -0.3 is 15.2 Å². The number of para-hydroxylation sites is 1. The first-order valence-electron chi connectivity index (χ1n) is 4.30. The fourth-order valence-electron chi connectivity index (χ4n) is 1.19. The van der Waals surface area contributed by atoms with E-state index < -0.39 is 0 Å². The van der Waals surface area contributed by atoms with Crippen LogP contribution in [0.25, 0.3) is 0 Å². The molecule has 0 aliphatic carbocycles. The van der Waals surface area contributed by atoms with E-state index in [0.717, 1.165) is 0 Å². The third kappa shape index (κ3) is 2.14. The predicted molar refractivity (Wildman–Crippen MR) is 60.1 cm³/mol. The zero-order chi connectivity index (χ0) is 10.6. The molecule has 0 unspecified atom stereocenters. The van der Waals surface area contributed by atoms with Crippen molar-refractivity contribution in [3.63, 3.8) is 0 Å². The molecule has 0 bridgehead atoms. The summed E-state index contributed by atoms with van der Waals surface area (Å²) >= 11 is 4.90. The molecule has 0 heterocycles. The minimum absolute atomic E-state index is 0.309. The van der Waals surface area contributed by atoms with Crippen molar-refractivity contribution in [2.75, 3.05) is 13.7 Å². The Morgan fingerprint density at radius 1 is 1.50 bits per heavy atom. The third-order valence-electron chi connectivity index (χ3n) is 1.75. The molecule has 1 aromatic carbocycles. The smallest absolute Gasteiger partial charge is 0.170 e. The monoisotopic (exact) mass is 211 g/mol. The normalized spacial score (nSPS) is 9.57. The van der Waals surface area contributed by atoms with Crippen LogP contribution in [-0.2, 0) is 0 Å². The molecule has 0 aliphatic heterocycles. The number of hydrogen-bond donors (Lipinski definition) is 1. The van der Waals surface area contributed by atoms with Crippen LogP contribution in [0.5, 0.6) is 11.5 Å². The molecule has 76 valence electrons. The fourth-order valence-corrected chi connectivity index (χ4v) is 1.35. The van der Waals surface area contributed by atoms with Gasteiger partial charge in [0.2, 0.25) is 0 Å². The molecule has 0 atom stereocenters. The first-order chi connectivity index (χ1) is 6.70. The van der Waals surface area contributed by atoms with Crippen LogP contribution in [0.1, 0.15) is 12.5 Å². The van der Waals surface area contributed by atoms with Gasteiger partial charge in [-0.1, -0.05) is 18.3 Å². The predicted octanol–water partition coefficient (Wildman–Crippen LogP) is 1.73. The number of rotatable bonds is 4. The molecule has 0 saturated carbocycles. The summed E-state index contributed by atoms with van der Waals surface area (Å²) in [4.78, 5) is 0.309. The van der Waals surface area contributed by atoms with E-state index in [4.69, 9.17) is 27.4 Å². The van der Waals surface area contributed by atoms with Crippen molar-refractivity contribution in [1.29, 1.82) is 0 Å². The number of ether oxygens (including phenoxy) is 2. The van der Waals surface area contributed by atoms with Crippen LogP contribution in [0.4, 0.5) is 0 Å². The highest BCUT2D eigenvalue weighted by atomic mass is 32.1. The van der Waals surface area contributed by atoms with Crippen LogP contribution in [0.15, 0.2) is 18.2 Å². The highest BCUT2D eigenvalue weighted by molar-refractivity contribution is 7.80. The lowest BCUT2D eigenvalue weighted by atomic mass is 10.2. The Morgan fingerprint density at radius 2 is 2.21 bits per heavy atom. The molecule has 1 rings (SSSR count). The molecule has 4 heteroatoms. The average molecular weight is 211 g/mol. The van der Waals surface area contributed by atoms with Crippen LogP contribution >= 0.6 is 12.2 Å². The van der Waals surface area contributed by atoms with Gasteiger partial charge in [0.05, 0.1) is 19.3 Å². The highest BCUT2D eigenvalue weighted by Crippen LogP contribution is 2.30. The van der Waals surface area contributed by atoms with Gasteiger partial charge in [0.15, 0.2) is 11.5 Å². The number of benzene rings is 1. The molecule has 0 amide bonds. The zero-order valence-corrected chi connectivity index (χ0v) is 9.06. The third-order valence-corrected chi connectivity index (χ3v) is 1.97. The number of methoxy groups -OCH3 is 1. The Bertz CT molecular complexity index is 339. The SMILES string of the molecule is CCOc1cccc(C(N)=S)c1OC. The average Bonchev–Trinajstić information content (AvgIpc) is 2.18.